The van der Waals surface area contributed by atoms with Gasteiger partial charge in [0, 0.05) is 11.6 Å². The van der Waals surface area contributed by atoms with Crippen molar-refractivity contribution in [3.05, 3.63) is 53.6 Å². The SMILES string of the molecule is COc1ccc(OC)c(C(C)NS(=O)(=O)c2cccc(C(F)(F)F)c2)c1. The Kier molecular flexibility index (Phi) is 5.82. The van der Waals surface area contributed by atoms with Crippen LogP contribution in [0.5, 0.6) is 11.5 Å². The van der Waals surface area contributed by atoms with Gasteiger partial charge in [0.25, 0.3) is 0 Å². The number of methoxy groups -OCH3 is 2. The van der Waals surface area contributed by atoms with Gasteiger partial charge in [0.15, 0.2) is 0 Å². The maximum Gasteiger partial charge on any atom is 0.416 e. The molecule has 0 fully saturated rings. The van der Waals surface area contributed by atoms with Crippen molar-refractivity contribution in [3.8, 4) is 11.5 Å². The molecule has 142 valence electrons. The maximum absolute atomic E-state index is 12.8. The summed E-state index contributed by atoms with van der Waals surface area (Å²) in [5, 5.41) is 0. The van der Waals surface area contributed by atoms with E-state index in [4.69, 9.17) is 9.47 Å². The molecule has 1 unspecified atom stereocenters. The fourth-order valence-electron chi connectivity index (χ4n) is 2.38. The third-order valence-electron chi connectivity index (χ3n) is 3.71. The maximum atomic E-state index is 12.8. The van der Waals surface area contributed by atoms with E-state index in [1.54, 1.807) is 25.1 Å². The van der Waals surface area contributed by atoms with Crippen molar-refractivity contribution in [2.24, 2.45) is 0 Å². The molecule has 0 radical (unpaired) electrons. The molecule has 0 saturated carbocycles. The summed E-state index contributed by atoms with van der Waals surface area (Å²) in [5.41, 5.74) is -0.547. The summed E-state index contributed by atoms with van der Waals surface area (Å²) in [4.78, 5) is -0.471. The van der Waals surface area contributed by atoms with Crippen molar-refractivity contribution in [1.82, 2.24) is 4.72 Å². The second kappa shape index (κ2) is 7.55. The van der Waals surface area contributed by atoms with Crippen LogP contribution in [0.3, 0.4) is 0 Å². The molecule has 2 aromatic rings. The van der Waals surface area contributed by atoms with E-state index in [0.29, 0.717) is 23.1 Å². The Hall–Kier alpha value is -2.26. The Morgan fingerprint density at radius 2 is 1.73 bits per heavy atom. The minimum atomic E-state index is -4.63. The normalized spacial score (nSPS) is 13.3. The monoisotopic (exact) mass is 389 g/mol. The van der Waals surface area contributed by atoms with Gasteiger partial charge in [-0.25, -0.2) is 13.1 Å². The van der Waals surface area contributed by atoms with Crippen LogP contribution >= 0.6 is 0 Å². The number of rotatable bonds is 6. The van der Waals surface area contributed by atoms with Crippen LogP contribution in [-0.4, -0.2) is 22.6 Å². The summed E-state index contributed by atoms with van der Waals surface area (Å²) in [5.74, 6) is 0.913. The van der Waals surface area contributed by atoms with Crippen molar-refractivity contribution in [2.45, 2.75) is 24.0 Å². The number of ether oxygens (including phenoxy) is 2. The molecular weight excluding hydrogens is 371 g/mol. The van der Waals surface area contributed by atoms with Gasteiger partial charge >= 0.3 is 6.18 Å². The molecule has 2 aromatic carbocycles. The van der Waals surface area contributed by atoms with E-state index in [1.165, 1.54) is 14.2 Å². The Morgan fingerprint density at radius 3 is 2.31 bits per heavy atom. The van der Waals surface area contributed by atoms with Gasteiger partial charge in [-0.2, -0.15) is 13.2 Å². The summed E-state index contributed by atoms with van der Waals surface area (Å²) in [6.45, 7) is 1.56. The second-order valence-electron chi connectivity index (χ2n) is 5.48. The molecule has 0 heterocycles. The number of alkyl halides is 3. The lowest BCUT2D eigenvalue weighted by atomic mass is 10.1. The number of benzene rings is 2. The predicted molar refractivity (Wildman–Crippen MR) is 89.7 cm³/mol. The standard InChI is InChI=1S/C17H18F3NO4S/c1-11(15-10-13(24-2)7-8-16(15)25-3)21-26(22,23)14-6-4-5-12(9-14)17(18,19)20/h4-11,21H,1-3H3. The van der Waals surface area contributed by atoms with E-state index in [-0.39, 0.29) is 0 Å². The highest BCUT2D eigenvalue weighted by molar-refractivity contribution is 7.89. The van der Waals surface area contributed by atoms with Crippen LogP contribution in [0.4, 0.5) is 13.2 Å². The molecule has 0 aliphatic rings. The average molecular weight is 389 g/mol. The summed E-state index contributed by atoms with van der Waals surface area (Å²) in [6, 6.07) is 7.66. The van der Waals surface area contributed by atoms with Crippen molar-refractivity contribution >= 4 is 10.0 Å². The van der Waals surface area contributed by atoms with Crippen LogP contribution in [-0.2, 0) is 16.2 Å². The van der Waals surface area contributed by atoms with Gasteiger partial charge in [0.05, 0.1) is 24.7 Å². The van der Waals surface area contributed by atoms with E-state index >= 15 is 0 Å². The van der Waals surface area contributed by atoms with Crippen LogP contribution < -0.4 is 14.2 Å². The first-order valence-corrected chi connectivity index (χ1v) is 8.98. The molecule has 0 amide bonds. The molecule has 1 atom stereocenters. The lowest BCUT2D eigenvalue weighted by Crippen LogP contribution is -2.27. The van der Waals surface area contributed by atoms with E-state index in [1.807, 2.05) is 0 Å². The zero-order valence-corrected chi connectivity index (χ0v) is 15.1. The van der Waals surface area contributed by atoms with Gasteiger partial charge in [-0.1, -0.05) is 6.07 Å². The topological polar surface area (TPSA) is 64.6 Å². The molecule has 5 nitrogen and oxygen atoms in total. The van der Waals surface area contributed by atoms with E-state index < -0.39 is 32.7 Å². The molecule has 0 saturated heterocycles. The third kappa shape index (κ3) is 4.47. The summed E-state index contributed by atoms with van der Waals surface area (Å²) < 4.78 is 76.1. The average Bonchev–Trinajstić information content (AvgIpc) is 2.60. The van der Waals surface area contributed by atoms with Gasteiger partial charge in [0.2, 0.25) is 10.0 Å². The summed E-state index contributed by atoms with van der Waals surface area (Å²) >= 11 is 0. The second-order valence-corrected chi connectivity index (χ2v) is 7.19. The zero-order valence-electron chi connectivity index (χ0n) is 14.3. The quantitative estimate of drug-likeness (QED) is 0.817. The predicted octanol–water partition coefficient (Wildman–Crippen LogP) is 3.76. The number of halogens is 3. The van der Waals surface area contributed by atoms with Gasteiger partial charge in [-0.15, -0.1) is 0 Å². The molecule has 0 spiro atoms. The van der Waals surface area contributed by atoms with Crippen molar-refractivity contribution in [3.63, 3.8) is 0 Å². The number of sulfonamides is 1. The lowest BCUT2D eigenvalue weighted by molar-refractivity contribution is -0.137. The van der Waals surface area contributed by atoms with Gasteiger partial charge in [0.1, 0.15) is 11.5 Å². The van der Waals surface area contributed by atoms with Crippen molar-refractivity contribution < 1.29 is 31.1 Å². The van der Waals surface area contributed by atoms with E-state index in [0.717, 1.165) is 18.2 Å². The Labute approximate surface area is 149 Å². The fourth-order valence-corrected chi connectivity index (χ4v) is 3.65. The van der Waals surface area contributed by atoms with Crippen LogP contribution in [0.25, 0.3) is 0 Å². The lowest BCUT2D eigenvalue weighted by Gasteiger charge is -2.18. The molecule has 1 N–H and O–H groups in total. The van der Waals surface area contributed by atoms with Crippen LogP contribution in [0.2, 0.25) is 0 Å². The Balaban J connectivity index is 2.35. The summed E-state index contributed by atoms with van der Waals surface area (Å²) in [6.07, 6.45) is -4.63. The van der Waals surface area contributed by atoms with Gasteiger partial charge in [-0.05, 0) is 43.3 Å². The first-order valence-electron chi connectivity index (χ1n) is 7.50. The minimum Gasteiger partial charge on any atom is -0.497 e. The third-order valence-corrected chi connectivity index (χ3v) is 5.25. The fraction of sp³-hybridized carbons (Fsp3) is 0.294. The van der Waals surface area contributed by atoms with E-state index in [2.05, 4.69) is 4.72 Å². The van der Waals surface area contributed by atoms with Crippen molar-refractivity contribution in [2.75, 3.05) is 14.2 Å². The van der Waals surface area contributed by atoms with Crippen LogP contribution in [0.1, 0.15) is 24.1 Å². The van der Waals surface area contributed by atoms with Crippen molar-refractivity contribution in [1.29, 1.82) is 0 Å². The Morgan fingerprint density at radius 1 is 1.04 bits per heavy atom. The highest BCUT2D eigenvalue weighted by Crippen LogP contribution is 2.32. The molecule has 2 rings (SSSR count). The minimum absolute atomic E-state index is 0.421. The molecule has 9 heteroatoms. The first-order chi connectivity index (χ1) is 12.1. The molecule has 0 bridgehead atoms. The highest BCUT2D eigenvalue weighted by atomic mass is 32.2. The molecule has 26 heavy (non-hydrogen) atoms. The Bertz CT molecular complexity index is 882. The molecule has 0 aliphatic heterocycles. The number of nitrogens with one attached hydrogen (secondary N) is 1. The summed E-state index contributed by atoms with van der Waals surface area (Å²) in [7, 11) is -1.29. The van der Waals surface area contributed by atoms with Crippen LogP contribution in [0, 0.1) is 0 Å². The van der Waals surface area contributed by atoms with E-state index in [9.17, 15) is 21.6 Å². The largest absolute Gasteiger partial charge is 0.497 e. The van der Waals surface area contributed by atoms with Crippen LogP contribution in [0.15, 0.2) is 47.4 Å². The molecule has 0 aromatic heterocycles. The molecule has 0 aliphatic carbocycles. The number of hydrogen-bond acceptors (Lipinski definition) is 4. The molecular formula is C17H18F3NO4S. The zero-order chi connectivity index (χ0) is 19.5. The van der Waals surface area contributed by atoms with Gasteiger partial charge < -0.3 is 9.47 Å². The van der Waals surface area contributed by atoms with Gasteiger partial charge in [-0.3, -0.25) is 0 Å². The smallest absolute Gasteiger partial charge is 0.416 e. The highest BCUT2D eigenvalue weighted by Gasteiger charge is 2.32. The first kappa shape index (κ1) is 20.1. The number of hydrogen-bond donors (Lipinski definition) is 1.